The van der Waals surface area contributed by atoms with E-state index in [0.717, 1.165) is 5.69 Å². The molecule has 1 aromatic rings. The Balaban J connectivity index is 2.38. The van der Waals surface area contributed by atoms with Crippen LogP contribution >= 0.6 is 11.6 Å². The Morgan fingerprint density at radius 1 is 1.53 bits per heavy atom. The van der Waals surface area contributed by atoms with Crippen LogP contribution in [0.1, 0.15) is 27.7 Å². The first-order chi connectivity index (χ1) is 8.78. The van der Waals surface area contributed by atoms with Crippen LogP contribution in [0.25, 0.3) is 0 Å². The third kappa shape index (κ3) is 6.29. The van der Waals surface area contributed by atoms with Crippen molar-refractivity contribution in [2.45, 2.75) is 39.3 Å². The van der Waals surface area contributed by atoms with Gasteiger partial charge in [-0.2, -0.15) is 0 Å². The second-order valence-electron chi connectivity index (χ2n) is 5.27. The summed E-state index contributed by atoms with van der Waals surface area (Å²) in [4.78, 5) is 15.4. The molecule has 0 radical (unpaired) electrons. The predicted octanol–water partition coefficient (Wildman–Crippen LogP) is 3.06. The van der Waals surface area contributed by atoms with Crippen LogP contribution in [0.5, 0.6) is 0 Å². The van der Waals surface area contributed by atoms with Gasteiger partial charge in [-0.3, -0.25) is 0 Å². The molecule has 1 unspecified atom stereocenters. The first kappa shape index (κ1) is 15.6. The lowest BCUT2D eigenvalue weighted by Crippen LogP contribution is -2.38. The molecule has 0 aromatic carbocycles. The van der Waals surface area contributed by atoms with Crippen molar-refractivity contribution >= 4 is 23.4 Å². The minimum Gasteiger partial charge on any atom is -0.444 e. The van der Waals surface area contributed by atoms with E-state index in [1.165, 1.54) is 0 Å². The zero-order valence-corrected chi connectivity index (χ0v) is 12.4. The summed E-state index contributed by atoms with van der Waals surface area (Å²) < 4.78 is 5.15. The van der Waals surface area contributed by atoms with Crippen LogP contribution in [-0.2, 0) is 4.74 Å². The lowest BCUT2D eigenvalue weighted by Gasteiger charge is -2.21. The van der Waals surface area contributed by atoms with E-state index >= 15 is 0 Å². The van der Waals surface area contributed by atoms with Crippen molar-refractivity contribution in [1.82, 2.24) is 10.3 Å². The van der Waals surface area contributed by atoms with Crippen LogP contribution in [0.3, 0.4) is 0 Å². The number of ether oxygens (including phenoxy) is 1. The van der Waals surface area contributed by atoms with Crippen LogP contribution in [0.15, 0.2) is 18.3 Å². The SMILES string of the molecule is CC(CNC(=O)OC(C)(C)C)Nc1cccnc1Cl. The first-order valence-corrected chi connectivity index (χ1v) is 6.49. The fourth-order valence-electron chi connectivity index (χ4n) is 1.36. The van der Waals surface area contributed by atoms with Crippen molar-refractivity contribution in [2.24, 2.45) is 0 Å². The second-order valence-corrected chi connectivity index (χ2v) is 5.63. The molecule has 19 heavy (non-hydrogen) atoms. The molecule has 1 amide bonds. The fourth-order valence-corrected chi connectivity index (χ4v) is 1.53. The quantitative estimate of drug-likeness (QED) is 0.835. The maximum atomic E-state index is 11.5. The van der Waals surface area contributed by atoms with E-state index < -0.39 is 11.7 Å². The molecule has 0 saturated carbocycles. The van der Waals surface area contributed by atoms with Gasteiger partial charge in [0.2, 0.25) is 0 Å². The van der Waals surface area contributed by atoms with Crippen LogP contribution < -0.4 is 10.6 Å². The number of halogens is 1. The van der Waals surface area contributed by atoms with Gasteiger partial charge >= 0.3 is 6.09 Å². The summed E-state index contributed by atoms with van der Waals surface area (Å²) in [6, 6.07) is 3.64. The summed E-state index contributed by atoms with van der Waals surface area (Å²) in [5, 5.41) is 6.26. The average Bonchev–Trinajstić information content (AvgIpc) is 2.27. The van der Waals surface area contributed by atoms with Gasteiger partial charge in [0, 0.05) is 18.8 Å². The normalized spacial score (nSPS) is 12.7. The highest BCUT2D eigenvalue weighted by Gasteiger charge is 2.16. The Labute approximate surface area is 118 Å². The van der Waals surface area contributed by atoms with E-state index in [1.54, 1.807) is 12.3 Å². The van der Waals surface area contributed by atoms with Crippen molar-refractivity contribution in [1.29, 1.82) is 0 Å². The molecule has 0 bridgehead atoms. The van der Waals surface area contributed by atoms with E-state index in [1.807, 2.05) is 33.8 Å². The van der Waals surface area contributed by atoms with Gasteiger partial charge < -0.3 is 15.4 Å². The zero-order chi connectivity index (χ0) is 14.5. The molecule has 2 N–H and O–H groups in total. The Morgan fingerprint density at radius 3 is 2.79 bits per heavy atom. The summed E-state index contributed by atoms with van der Waals surface area (Å²) >= 11 is 5.93. The average molecular weight is 286 g/mol. The minimum absolute atomic E-state index is 0.00854. The molecule has 0 aliphatic rings. The standard InChI is InChI=1S/C13H20ClN3O2/c1-9(8-16-12(18)19-13(2,3)4)17-10-6-5-7-15-11(10)14/h5-7,9,17H,8H2,1-4H3,(H,16,18). The molecule has 5 nitrogen and oxygen atoms in total. The van der Waals surface area contributed by atoms with Gasteiger partial charge in [0.25, 0.3) is 0 Å². The third-order valence-corrected chi connectivity index (χ3v) is 2.41. The van der Waals surface area contributed by atoms with Gasteiger partial charge in [0.05, 0.1) is 5.69 Å². The molecule has 0 aliphatic carbocycles. The highest BCUT2D eigenvalue weighted by Crippen LogP contribution is 2.18. The Bertz CT molecular complexity index is 432. The lowest BCUT2D eigenvalue weighted by molar-refractivity contribution is 0.0526. The number of nitrogens with one attached hydrogen (secondary N) is 2. The van der Waals surface area contributed by atoms with E-state index in [9.17, 15) is 4.79 Å². The molecule has 0 aliphatic heterocycles. The topological polar surface area (TPSA) is 63.2 Å². The van der Waals surface area contributed by atoms with Crippen molar-refractivity contribution in [3.63, 3.8) is 0 Å². The number of rotatable bonds is 4. The molecule has 1 heterocycles. The van der Waals surface area contributed by atoms with Crippen LogP contribution in [0.4, 0.5) is 10.5 Å². The maximum absolute atomic E-state index is 11.5. The Morgan fingerprint density at radius 2 is 2.21 bits per heavy atom. The number of carbonyl (C=O) groups is 1. The number of hydrogen-bond donors (Lipinski definition) is 2. The van der Waals surface area contributed by atoms with Gasteiger partial charge in [0.15, 0.2) is 5.15 Å². The molecular weight excluding hydrogens is 266 g/mol. The summed E-state index contributed by atoms with van der Waals surface area (Å²) in [5.41, 5.74) is 0.246. The largest absolute Gasteiger partial charge is 0.444 e. The Kier molecular flexibility index (Phi) is 5.42. The number of nitrogens with zero attached hydrogens (tertiary/aromatic N) is 1. The van der Waals surface area contributed by atoms with E-state index in [-0.39, 0.29) is 6.04 Å². The summed E-state index contributed by atoms with van der Waals surface area (Å²) in [6.07, 6.45) is 1.19. The summed E-state index contributed by atoms with van der Waals surface area (Å²) in [7, 11) is 0. The lowest BCUT2D eigenvalue weighted by atomic mass is 10.2. The smallest absolute Gasteiger partial charge is 0.407 e. The number of alkyl carbamates (subject to hydrolysis) is 1. The molecule has 0 fully saturated rings. The monoisotopic (exact) mass is 285 g/mol. The zero-order valence-electron chi connectivity index (χ0n) is 11.7. The number of carbonyl (C=O) groups excluding carboxylic acids is 1. The van der Waals surface area contributed by atoms with E-state index in [0.29, 0.717) is 11.7 Å². The number of pyridine rings is 1. The predicted molar refractivity (Wildman–Crippen MR) is 76.6 cm³/mol. The van der Waals surface area contributed by atoms with Crippen LogP contribution in [0, 0.1) is 0 Å². The Hall–Kier alpha value is -1.49. The molecule has 1 aromatic heterocycles. The summed E-state index contributed by atoms with van der Waals surface area (Å²) in [5.74, 6) is 0. The molecule has 1 rings (SSSR count). The number of anilines is 1. The molecule has 6 heteroatoms. The van der Waals surface area contributed by atoms with Crippen molar-refractivity contribution in [3.05, 3.63) is 23.5 Å². The number of aromatic nitrogens is 1. The highest BCUT2D eigenvalue weighted by molar-refractivity contribution is 6.31. The number of hydrogen-bond acceptors (Lipinski definition) is 4. The van der Waals surface area contributed by atoms with E-state index in [4.69, 9.17) is 16.3 Å². The van der Waals surface area contributed by atoms with Gasteiger partial charge in [-0.15, -0.1) is 0 Å². The molecular formula is C13H20ClN3O2. The van der Waals surface area contributed by atoms with Crippen LogP contribution in [-0.4, -0.2) is 29.3 Å². The third-order valence-electron chi connectivity index (χ3n) is 2.11. The maximum Gasteiger partial charge on any atom is 0.407 e. The molecule has 0 saturated heterocycles. The van der Waals surface area contributed by atoms with Gasteiger partial charge in [0.1, 0.15) is 5.60 Å². The van der Waals surface area contributed by atoms with Crippen molar-refractivity contribution in [2.75, 3.05) is 11.9 Å². The second kappa shape index (κ2) is 6.61. The fraction of sp³-hybridized carbons (Fsp3) is 0.538. The van der Waals surface area contributed by atoms with Gasteiger partial charge in [-0.05, 0) is 39.8 Å². The van der Waals surface area contributed by atoms with Gasteiger partial charge in [-0.25, -0.2) is 9.78 Å². The van der Waals surface area contributed by atoms with E-state index in [2.05, 4.69) is 15.6 Å². The van der Waals surface area contributed by atoms with Crippen molar-refractivity contribution in [3.8, 4) is 0 Å². The summed E-state index contributed by atoms with van der Waals surface area (Å²) in [6.45, 7) is 7.83. The highest BCUT2D eigenvalue weighted by atomic mass is 35.5. The minimum atomic E-state index is -0.493. The molecule has 0 spiro atoms. The molecule has 1 atom stereocenters. The van der Waals surface area contributed by atoms with Crippen molar-refractivity contribution < 1.29 is 9.53 Å². The van der Waals surface area contributed by atoms with Crippen LogP contribution in [0.2, 0.25) is 5.15 Å². The number of amides is 1. The first-order valence-electron chi connectivity index (χ1n) is 6.12. The van der Waals surface area contributed by atoms with Gasteiger partial charge in [-0.1, -0.05) is 11.6 Å². The molecule has 106 valence electrons.